The average Bonchev–Trinajstić information content (AvgIpc) is 2.91. The third-order valence-corrected chi connectivity index (χ3v) is 5.68. The van der Waals surface area contributed by atoms with Crippen molar-refractivity contribution in [2.45, 2.75) is 50.8 Å². The van der Waals surface area contributed by atoms with Crippen LogP contribution in [0.1, 0.15) is 50.9 Å². The van der Waals surface area contributed by atoms with E-state index >= 15 is 0 Å². The van der Waals surface area contributed by atoms with Crippen molar-refractivity contribution in [1.82, 2.24) is 14.5 Å². The van der Waals surface area contributed by atoms with Crippen molar-refractivity contribution in [2.75, 3.05) is 0 Å². The van der Waals surface area contributed by atoms with Crippen LogP contribution in [-0.4, -0.2) is 19.1 Å². The Labute approximate surface area is 139 Å². The molecule has 1 aliphatic carbocycles. The van der Waals surface area contributed by atoms with E-state index < -0.39 is 11.4 Å². The smallest absolute Gasteiger partial charge is 0.148 e. The molecule has 0 radical (unpaired) electrons. The highest BCUT2D eigenvalue weighted by Crippen LogP contribution is 2.33. The SMILES string of the molecule is CC(C)(C)[S@+]([O-])NC1CCCc2c1cnn2-c1ccccc1F. The lowest BCUT2D eigenvalue weighted by molar-refractivity contribution is 0.485. The molecule has 2 atom stereocenters. The summed E-state index contributed by atoms with van der Waals surface area (Å²) in [5.41, 5.74) is 2.49. The van der Waals surface area contributed by atoms with Crippen LogP contribution in [0.3, 0.4) is 0 Å². The van der Waals surface area contributed by atoms with Crippen molar-refractivity contribution in [2.24, 2.45) is 0 Å². The molecular weight excluding hydrogens is 313 g/mol. The molecule has 1 unspecified atom stereocenters. The van der Waals surface area contributed by atoms with Crippen LogP contribution in [-0.2, 0) is 17.8 Å². The van der Waals surface area contributed by atoms with Crippen LogP contribution >= 0.6 is 0 Å². The van der Waals surface area contributed by atoms with E-state index in [2.05, 4.69) is 9.82 Å². The van der Waals surface area contributed by atoms with Gasteiger partial charge in [0.2, 0.25) is 0 Å². The largest absolute Gasteiger partial charge is 0.598 e. The van der Waals surface area contributed by atoms with Gasteiger partial charge in [-0.3, -0.25) is 0 Å². The van der Waals surface area contributed by atoms with Gasteiger partial charge in [-0.25, -0.2) is 9.07 Å². The molecule has 1 aromatic carbocycles. The van der Waals surface area contributed by atoms with Gasteiger partial charge in [0.05, 0.1) is 12.2 Å². The van der Waals surface area contributed by atoms with Crippen molar-refractivity contribution in [3.05, 3.63) is 47.5 Å². The molecule has 1 N–H and O–H groups in total. The third kappa shape index (κ3) is 3.29. The van der Waals surface area contributed by atoms with E-state index in [9.17, 15) is 8.94 Å². The van der Waals surface area contributed by atoms with Gasteiger partial charge in [0.1, 0.15) is 16.3 Å². The molecule has 0 amide bonds. The summed E-state index contributed by atoms with van der Waals surface area (Å²) in [6, 6.07) is 6.65. The second kappa shape index (κ2) is 6.26. The summed E-state index contributed by atoms with van der Waals surface area (Å²) in [6.07, 6.45) is 4.51. The van der Waals surface area contributed by atoms with E-state index in [4.69, 9.17) is 0 Å². The fraction of sp³-hybridized carbons (Fsp3) is 0.471. The molecule has 124 valence electrons. The Balaban J connectivity index is 1.92. The Kier molecular flexibility index (Phi) is 4.49. The molecule has 3 rings (SSSR count). The molecular formula is C17H22FN3OS. The maximum Gasteiger partial charge on any atom is 0.148 e. The second-order valence-corrected chi connectivity index (χ2v) is 8.85. The highest BCUT2D eigenvalue weighted by atomic mass is 32.2. The quantitative estimate of drug-likeness (QED) is 0.874. The van der Waals surface area contributed by atoms with Crippen LogP contribution in [0.4, 0.5) is 4.39 Å². The van der Waals surface area contributed by atoms with E-state index in [-0.39, 0.29) is 16.6 Å². The first-order valence-electron chi connectivity index (χ1n) is 7.87. The fourth-order valence-electron chi connectivity index (χ4n) is 2.82. The normalized spacial score (nSPS) is 19.4. The Hall–Kier alpha value is -1.37. The first-order valence-corrected chi connectivity index (χ1v) is 9.02. The number of hydrogen-bond donors (Lipinski definition) is 1. The summed E-state index contributed by atoms with van der Waals surface area (Å²) in [4.78, 5) is 0. The van der Waals surface area contributed by atoms with Gasteiger partial charge in [0, 0.05) is 22.6 Å². The Morgan fingerprint density at radius 2 is 2.09 bits per heavy atom. The molecule has 4 nitrogen and oxygen atoms in total. The number of fused-ring (bicyclic) bond motifs is 1. The fourth-order valence-corrected chi connectivity index (χ4v) is 3.67. The maximum absolute atomic E-state index is 14.1. The van der Waals surface area contributed by atoms with Gasteiger partial charge in [-0.1, -0.05) is 12.1 Å². The molecule has 0 saturated carbocycles. The van der Waals surface area contributed by atoms with Gasteiger partial charge in [0.25, 0.3) is 0 Å². The van der Waals surface area contributed by atoms with Crippen LogP contribution in [0.2, 0.25) is 0 Å². The van der Waals surface area contributed by atoms with Crippen LogP contribution in [0.25, 0.3) is 5.69 Å². The van der Waals surface area contributed by atoms with Crippen molar-refractivity contribution in [1.29, 1.82) is 0 Å². The van der Waals surface area contributed by atoms with E-state index in [1.54, 1.807) is 29.1 Å². The van der Waals surface area contributed by atoms with E-state index in [0.717, 1.165) is 30.5 Å². The molecule has 0 spiro atoms. The highest BCUT2D eigenvalue weighted by Gasteiger charge is 2.33. The van der Waals surface area contributed by atoms with Gasteiger partial charge < -0.3 is 4.55 Å². The van der Waals surface area contributed by atoms with Crippen LogP contribution in [0.15, 0.2) is 30.5 Å². The van der Waals surface area contributed by atoms with Crippen LogP contribution in [0.5, 0.6) is 0 Å². The lowest BCUT2D eigenvalue weighted by Crippen LogP contribution is -2.42. The monoisotopic (exact) mass is 335 g/mol. The first-order chi connectivity index (χ1) is 10.9. The molecule has 0 fully saturated rings. The lowest BCUT2D eigenvalue weighted by Gasteiger charge is -2.30. The van der Waals surface area contributed by atoms with Crippen LogP contribution < -0.4 is 4.72 Å². The molecule has 0 aliphatic heterocycles. The second-order valence-electron chi connectivity index (χ2n) is 6.85. The minimum absolute atomic E-state index is 0.000619. The Morgan fingerprint density at radius 1 is 1.35 bits per heavy atom. The summed E-state index contributed by atoms with van der Waals surface area (Å²) in [6.45, 7) is 5.84. The number of nitrogens with one attached hydrogen (secondary N) is 1. The molecule has 1 heterocycles. The number of rotatable bonds is 3. The molecule has 0 saturated heterocycles. The maximum atomic E-state index is 14.1. The molecule has 1 aromatic heterocycles. The first kappa shape index (κ1) is 16.5. The summed E-state index contributed by atoms with van der Waals surface area (Å²) in [5, 5.41) is 4.39. The zero-order valence-corrected chi connectivity index (χ0v) is 14.5. The average molecular weight is 335 g/mol. The highest BCUT2D eigenvalue weighted by molar-refractivity contribution is 7.90. The van der Waals surface area contributed by atoms with Gasteiger partial charge >= 0.3 is 0 Å². The van der Waals surface area contributed by atoms with Crippen molar-refractivity contribution in [3.63, 3.8) is 0 Å². The molecule has 2 aromatic rings. The van der Waals surface area contributed by atoms with Crippen molar-refractivity contribution < 1.29 is 8.94 Å². The number of aromatic nitrogens is 2. The third-order valence-electron chi connectivity index (χ3n) is 4.07. The van der Waals surface area contributed by atoms with E-state index in [0.29, 0.717) is 5.69 Å². The summed E-state index contributed by atoms with van der Waals surface area (Å²) >= 11 is -1.14. The van der Waals surface area contributed by atoms with Gasteiger partial charge in [-0.15, -0.1) is 4.72 Å². The summed E-state index contributed by atoms with van der Waals surface area (Å²) < 4.78 is 31.0. The number of halogens is 1. The van der Waals surface area contributed by atoms with Gasteiger partial charge in [-0.05, 0) is 52.2 Å². The molecule has 1 aliphatic rings. The van der Waals surface area contributed by atoms with Crippen LogP contribution in [0, 0.1) is 5.82 Å². The van der Waals surface area contributed by atoms with E-state index in [1.165, 1.54) is 6.07 Å². The number of benzene rings is 1. The Bertz CT molecular complexity index is 695. The predicted molar refractivity (Wildman–Crippen MR) is 90.2 cm³/mol. The predicted octanol–water partition coefficient (Wildman–Crippen LogP) is 3.44. The topological polar surface area (TPSA) is 52.9 Å². The number of hydrogen-bond acceptors (Lipinski definition) is 3. The van der Waals surface area contributed by atoms with Gasteiger partial charge in [-0.2, -0.15) is 5.10 Å². The van der Waals surface area contributed by atoms with Crippen molar-refractivity contribution in [3.8, 4) is 5.69 Å². The summed E-state index contributed by atoms with van der Waals surface area (Å²) in [5.74, 6) is -0.285. The van der Waals surface area contributed by atoms with E-state index in [1.807, 2.05) is 20.8 Å². The van der Waals surface area contributed by atoms with Crippen molar-refractivity contribution >= 4 is 11.4 Å². The zero-order valence-electron chi connectivity index (χ0n) is 13.7. The number of nitrogens with zero attached hydrogens (tertiary/aromatic N) is 2. The van der Waals surface area contributed by atoms with Gasteiger partial charge in [0.15, 0.2) is 0 Å². The lowest BCUT2D eigenvalue weighted by atomic mass is 9.94. The summed E-state index contributed by atoms with van der Waals surface area (Å²) in [7, 11) is 0. The minimum atomic E-state index is -1.14. The molecule has 23 heavy (non-hydrogen) atoms. The minimum Gasteiger partial charge on any atom is -0.598 e. The molecule has 0 bridgehead atoms. The number of para-hydroxylation sites is 1. The standard InChI is InChI=1S/C17H22FN3OS/c1-17(2,3)23(22)20-14-8-6-10-15-12(14)11-19-21(15)16-9-5-4-7-13(16)18/h4-5,7,9,11,14,20H,6,8,10H2,1-3H3/t14?,23-/m0/s1. The Morgan fingerprint density at radius 3 is 2.78 bits per heavy atom. The molecule has 6 heteroatoms. The zero-order chi connectivity index (χ0) is 16.6.